The van der Waals surface area contributed by atoms with E-state index >= 15 is 0 Å². The summed E-state index contributed by atoms with van der Waals surface area (Å²) in [5, 5.41) is 0.590. The quantitative estimate of drug-likeness (QED) is 0.489. The van der Waals surface area contributed by atoms with Gasteiger partial charge in [0, 0.05) is 10.0 Å². The summed E-state index contributed by atoms with van der Waals surface area (Å²) in [6, 6.07) is 22.6. The second-order valence-electron chi connectivity index (χ2n) is 5.80. The lowest BCUT2D eigenvalue weighted by molar-refractivity contribution is 0.415. The Hall–Kier alpha value is -2.92. The number of rotatable bonds is 3. The zero-order chi connectivity index (χ0) is 18.1. The van der Waals surface area contributed by atoms with Gasteiger partial charge in [-0.15, -0.1) is 0 Å². The molecule has 0 fully saturated rings. The molecule has 0 bridgehead atoms. The maximum Gasteiger partial charge on any atom is 0.266 e. The summed E-state index contributed by atoms with van der Waals surface area (Å²) in [4.78, 5) is 18.0. The number of benzene rings is 3. The number of methoxy groups -OCH3 is 1. The second kappa shape index (κ2) is 6.77. The molecule has 0 saturated carbocycles. The third-order valence-electron chi connectivity index (χ3n) is 4.21. The fraction of sp³-hybridized carbons (Fsp3) is 0.0476. The third kappa shape index (κ3) is 2.91. The Kier molecular flexibility index (Phi) is 4.31. The first-order valence-corrected chi connectivity index (χ1v) is 8.89. The van der Waals surface area contributed by atoms with Crippen LogP contribution in [0.1, 0.15) is 0 Å². The van der Waals surface area contributed by atoms with E-state index in [1.165, 1.54) is 0 Å². The van der Waals surface area contributed by atoms with Gasteiger partial charge in [0.15, 0.2) is 0 Å². The van der Waals surface area contributed by atoms with Crippen molar-refractivity contribution in [1.82, 2.24) is 9.55 Å². The van der Waals surface area contributed by atoms with Crippen molar-refractivity contribution >= 4 is 26.8 Å². The normalized spacial score (nSPS) is 10.8. The maximum absolute atomic E-state index is 13.2. The average Bonchev–Trinajstić information content (AvgIpc) is 2.69. The van der Waals surface area contributed by atoms with Crippen LogP contribution in [0.5, 0.6) is 5.75 Å². The maximum atomic E-state index is 13.2. The highest BCUT2D eigenvalue weighted by Gasteiger charge is 2.14. The van der Waals surface area contributed by atoms with Crippen LogP contribution in [-0.2, 0) is 0 Å². The molecule has 0 aliphatic rings. The van der Waals surface area contributed by atoms with Gasteiger partial charge in [0.2, 0.25) is 0 Å². The Morgan fingerprint density at radius 2 is 1.62 bits per heavy atom. The molecule has 4 rings (SSSR count). The fourth-order valence-corrected chi connectivity index (χ4v) is 3.16. The van der Waals surface area contributed by atoms with Crippen LogP contribution in [0.2, 0.25) is 0 Å². The van der Waals surface area contributed by atoms with Gasteiger partial charge in [-0.25, -0.2) is 4.98 Å². The minimum Gasteiger partial charge on any atom is -0.497 e. The summed E-state index contributed by atoms with van der Waals surface area (Å²) in [6.45, 7) is 0. The summed E-state index contributed by atoms with van der Waals surface area (Å²) in [6.07, 6.45) is 0. The number of halogens is 1. The lowest BCUT2D eigenvalue weighted by Gasteiger charge is -2.14. The summed E-state index contributed by atoms with van der Waals surface area (Å²) in [7, 11) is 1.63. The summed E-state index contributed by atoms with van der Waals surface area (Å²) >= 11 is 3.44. The van der Waals surface area contributed by atoms with Crippen molar-refractivity contribution in [3.8, 4) is 22.8 Å². The van der Waals surface area contributed by atoms with Crippen molar-refractivity contribution in [2.75, 3.05) is 7.11 Å². The molecule has 0 aliphatic carbocycles. The molecule has 4 aromatic rings. The standard InChI is InChI=1S/C21H15BrN2O2/c1-26-17-12-6-14(7-13-17)20-23-19-5-3-2-4-18(19)21(25)24(20)16-10-8-15(22)9-11-16/h2-13H,1H3. The first-order valence-electron chi connectivity index (χ1n) is 8.09. The first kappa shape index (κ1) is 16.5. The highest BCUT2D eigenvalue weighted by molar-refractivity contribution is 9.10. The van der Waals surface area contributed by atoms with E-state index in [9.17, 15) is 4.79 Å². The van der Waals surface area contributed by atoms with Crippen LogP contribution in [0.4, 0.5) is 0 Å². The molecule has 0 unspecified atom stereocenters. The Morgan fingerprint density at radius 3 is 2.31 bits per heavy atom. The summed E-state index contributed by atoms with van der Waals surface area (Å²) in [5.74, 6) is 1.35. The number of hydrogen-bond donors (Lipinski definition) is 0. The van der Waals surface area contributed by atoms with E-state index in [1.807, 2.05) is 66.7 Å². The zero-order valence-corrected chi connectivity index (χ0v) is 15.6. The largest absolute Gasteiger partial charge is 0.497 e. The van der Waals surface area contributed by atoms with Gasteiger partial charge in [0.05, 0.1) is 23.7 Å². The number of hydrogen-bond acceptors (Lipinski definition) is 3. The molecule has 0 N–H and O–H groups in total. The molecular formula is C21H15BrN2O2. The van der Waals surface area contributed by atoms with E-state index in [1.54, 1.807) is 17.7 Å². The van der Waals surface area contributed by atoms with Crippen LogP contribution in [-0.4, -0.2) is 16.7 Å². The molecule has 0 aliphatic heterocycles. The Balaban J connectivity index is 2.04. The SMILES string of the molecule is COc1ccc(-c2nc3ccccc3c(=O)n2-c2ccc(Br)cc2)cc1. The predicted octanol–water partition coefficient (Wildman–Crippen LogP) is 4.82. The van der Waals surface area contributed by atoms with Gasteiger partial charge in [-0.05, 0) is 60.7 Å². The average molecular weight is 407 g/mol. The summed E-state index contributed by atoms with van der Waals surface area (Å²) < 4.78 is 7.84. The van der Waals surface area contributed by atoms with E-state index < -0.39 is 0 Å². The Morgan fingerprint density at radius 1 is 0.923 bits per heavy atom. The molecule has 0 atom stereocenters. The van der Waals surface area contributed by atoms with Crippen LogP contribution >= 0.6 is 15.9 Å². The number of fused-ring (bicyclic) bond motifs is 1. The van der Waals surface area contributed by atoms with Gasteiger partial charge < -0.3 is 4.74 Å². The predicted molar refractivity (Wildman–Crippen MR) is 107 cm³/mol. The fourth-order valence-electron chi connectivity index (χ4n) is 2.90. The van der Waals surface area contributed by atoms with Gasteiger partial charge in [-0.3, -0.25) is 9.36 Å². The van der Waals surface area contributed by atoms with Crippen LogP contribution in [0.25, 0.3) is 28.0 Å². The molecule has 128 valence electrons. The van der Waals surface area contributed by atoms with Gasteiger partial charge in [0.1, 0.15) is 11.6 Å². The van der Waals surface area contributed by atoms with Gasteiger partial charge in [-0.2, -0.15) is 0 Å². The first-order chi connectivity index (χ1) is 12.7. The number of para-hydroxylation sites is 1. The molecule has 4 nitrogen and oxygen atoms in total. The molecule has 1 aromatic heterocycles. The highest BCUT2D eigenvalue weighted by Crippen LogP contribution is 2.25. The van der Waals surface area contributed by atoms with Crippen LogP contribution in [0.3, 0.4) is 0 Å². The lowest BCUT2D eigenvalue weighted by atomic mass is 10.1. The number of nitrogens with zero attached hydrogens (tertiary/aromatic N) is 2. The third-order valence-corrected chi connectivity index (χ3v) is 4.74. The molecular weight excluding hydrogens is 392 g/mol. The highest BCUT2D eigenvalue weighted by atomic mass is 79.9. The van der Waals surface area contributed by atoms with E-state index in [0.717, 1.165) is 21.5 Å². The zero-order valence-electron chi connectivity index (χ0n) is 14.0. The van der Waals surface area contributed by atoms with Crippen molar-refractivity contribution in [2.45, 2.75) is 0 Å². The summed E-state index contributed by atoms with van der Waals surface area (Å²) in [5.41, 5.74) is 2.19. The smallest absolute Gasteiger partial charge is 0.266 e. The van der Waals surface area contributed by atoms with Crippen LogP contribution < -0.4 is 10.3 Å². The Labute approximate surface area is 158 Å². The topological polar surface area (TPSA) is 44.1 Å². The van der Waals surface area contributed by atoms with E-state index in [-0.39, 0.29) is 5.56 Å². The van der Waals surface area contributed by atoms with Crippen LogP contribution in [0.15, 0.2) is 82.1 Å². The molecule has 0 amide bonds. The lowest BCUT2D eigenvalue weighted by Crippen LogP contribution is -2.21. The van der Waals surface area contributed by atoms with Crippen molar-refractivity contribution < 1.29 is 4.74 Å². The number of ether oxygens (including phenoxy) is 1. The molecule has 26 heavy (non-hydrogen) atoms. The minimum absolute atomic E-state index is 0.0938. The van der Waals surface area contributed by atoms with Crippen molar-refractivity contribution in [1.29, 1.82) is 0 Å². The van der Waals surface area contributed by atoms with Gasteiger partial charge in [0.25, 0.3) is 5.56 Å². The monoisotopic (exact) mass is 406 g/mol. The van der Waals surface area contributed by atoms with Crippen molar-refractivity contribution in [3.05, 3.63) is 87.6 Å². The molecule has 3 aromatic carbocycles. The van der Waals surface area contributed by atoms with E-state index in [2.05, 4.69) is 15.9 Å². The van der Waals surface area contributed by atoms with Crippen LogP contribution in [0, 0.1) is 0 Å². The van der Waals surface area contributed by atoms with E-state index in [4.69, 9.17) is 9.72 Å². The van der Waals surface area contributed by atoms with Crippen molar-refractivity contribution in [3.63, 3.8) is 0 Å². The van der Waals surface area contributed by atoms with E-state index in [0.29, 0.717) is 16.7 Å². The Bertz CT molecular complexity index is 1130. The molecule has 0 spiro atoms. The molecule has 5 heteroatoms. The number of aromatic nitrogens is 2. The molecule has 1 heterocycles. The van der Waals surface area contributed by atoms with Gasteiger partial charge >= 0.3 is 0 Å². The minimum atomic E-state index is -0.0938. The van der Waals surface area contributed by atoms with Gasteiger partial charge in [-0.1, -0.05) is 28.1 Å². The molecule has 0 saturated heterocycles. The second-order valence-corrected chi connectivity index (χ2v) is 6.71. The van der Waals surface area contributed by atoms with Crippen molar-refractivity contribution in [2.24, 2.45) is 0 Å². The molecule has 0 radical (unpaired) electrons.